The first kappa shape index (κ1) is 20.4. The van der Waals surface area contributed by atoms with Gasteiger partial charge in [0.15, 0.2) is 0 Å². The molecule has 3 heterocycles. The van der Waals surface area contributed by atoms with Crippen molar-refractivity contribution in [2.75, 3.05) is 0 Å². The molecular formula is C24H19F2N5. The quantitative estimate of drug-likeness (QED) is 0.434. The normalized spacial score (nSPS) is 11.4. The maximum Gasteiger partial charge on any atom is 0.224 e. The number of hydrogen-bond acceptors (Lipinski definition) is 4. The molecule has 31 heavy (non-hydrogen) atoms. The molecule has 0 unspecified atom stereocenters. The lowest BCUT2D eigenvalue weighted by Gasteiger charge is -2.23. The first-order valence-corrected chi connectivity index (χ1v) is 9.66. The smallest absolute Gasteiger partial charge is 0.224 e. The summed E-state index contributed by atoms with van der Waals surface area (Å²) < 4.78 is 29.2. The number of aryl methyl sites for hydroxylation is 1. The third-order valence-corrected chi connectivity index (χ3v) is 5.17. The van der Waals surface area contributed by atoms with Gasteiger partial charge in [-0.05, 0) is 74.9 Å². The van der Waals surface area contributed by atoms with Crippen molar-refractivity contribution in [2.45, 2.75) is 26.2 Å². The van der Waals surface area contributed by atoms with Crippen LogP contribution in [-0.2, 0) is 5.41 Å². The van der Waals surface area contributed by atoms with Gasteiger partial charge in [0.05, 0.1) is 45.4 Å². The Morgan fingerprint density at radius 3 is 2.52 bits per heavy atom. The molecule has 154 valence electrons. The van der Waals surface area contributed by atoms with Crippen LogP contribution in [0.2, 0.25) is 0 Å². The highest BCUT2D eigenvalue weighted by atomic mass is 19.1. The van der Waals surface area contributed by atoms with E-state index in [0.717, 1.165) is 23.0 Å². The molecule has 0 aliphatic rings. The highest BCUT2D eigenvalue weighted by Crippen LogP contribution is 2.32. The summed E-state index contributed by atoms with van der Waals surface area (Å²) in [4.78, 5) is 7.93. The van der Waals surface area contributed by atoms with Gasteiger partial charge in [-0.3, -0.25) is 4.98 Å². The summed E-state index contributed by atoms with van der Waals surface area (Å²) in [7, 11) is 0. The summed E-state index contributed by atoms with van der Waals surface area (Å²) in [6.07, 6.45) is 1.83. The number of nitrogens with zero attached hydrogens (tertiary/aromatic N) is 5. The maximum absolute atomic E-state index is 14.2. The molecule has 0 bridgehead atoms. The Balaban J connectivity index is 1.75. The minimum absolute atomic E-state index is 0.140. The van der Waals surface area contributed by atoms with E-state index >= 15 is 0 Å². The van der Waals surface area contributed by atoms with Crippen molar-refractivity contribution in [1.82, 2.24) is 19.7 Å². The lowest BCUT2D eigenvalue weighted by atomic mass is 9.84. The summed E-state index contributed by atoms with van der Waals surface area (Å²) in [5.74, 6) is -1.77. The number of hydrogen-bond donors (Lipinski definition) is 0. The van der Waals surface area contributed by atoms with Crippen LogP contribution in [0.25, 0.3) is 16.9 Å². The van der Waals surface area contributed by atoms with Crippen molar-refractivity contribution < 1.29 is 8.78 Å². The van der Waals surface area contributed by atoms with Gasteiger partial charge in [0.25, 0.3) is 0 Å². The van der Waals surface area contributed by atoms with Gasteiger partial charge in [0.2, 0.25) is 11.9 Å². The van der Waals surface area contributed by atoms with E-state index in [1.54, 1.807) is 28.9 Å². The van der Waals surface area contributed by atoms with Gasteiger partial charge in [-0.2, -0.15) is 24.1 Å². The van der Waals surface area contributed by atoms with Crippen LogP contribution >= 0.6 is 0 Å². The second-order valence-corrected chi connectivity index (χ2v) is 7.82. The van der Waals surface area contributed by atoms with E-state index in [1.165, 1.54) is 6.07 Å². The second kappa shape index (κ2) is 7.73. The van der Waals surface area contributed by atoms with Crippen LogP contribution in [0.5, 0.6) is 0 Å². The Labute approximate surface area is 178 Å². The van der Waals surface area contributed by atoms with Crippen molar-refractivity contribution in [3.63, 3.8) is 0 Å². The molecule has 0 saturated carbocycles. The van der Waals surface area contributed by atoms with E-state index in [9.17, 15) is 8.78 Å². The largest absolute Gasteiger partial charge is 0.252 e. The molecule has 0 saturated heterocycles. The third kappa shape index (κ3) is 3.92. The average molecular weight is 415 g/mol. The Hall–Kier alpha value is -3.92. The summed E-state index contributed by atoms with van der Waals surface area (Å²) in [5, 5.41) is 13.8. The third-order valence-electron chi connectivity index (χ3n) is 5.17. The van der Waals surface area contributed by atoms with Gasteiger partial charge in [0, 0.05) is 6.20 Å². The molecule has 1 aromatic carbocycles. The number of halogens is 2. The van der Waals surface area contributed by atoms with E-state index in [0.29, 0.717) is 17.0 Å². The van der Waals surface area contributed by atoms with Gasteiger partial charge in [-0.25, -0.2) is 4.68 Å². The fraction of sp³-hybridized carbons (Fsp3) is 0.167. The van der Waals surface area contributed by atoms with Crippen LogP contribution in [0.15, 0.2) is 60.8 Å². The van der Waals surface area contributed by atoms with Crippen LogP contribution in [0, 0.1) is 30.2 Å². The number of nitriles is 1. The molecule has 0 aliphatic heterocycles. The van der Waals surface area contributed by atoms with Gasteiger partial charge in [0.1, 0.15) is 0 Å². The topological polar surface area (TPSA) is 67.4 Å². The molecule has 0 radical (unpaired) electrons. The fourth-order valence-electron chi connectivity index (χ4n) is 3.38. The van der Waals surface area contributed by atoms with Crippen molar-refractivity contribution >= 4 is 0 Å². The van der Waals surface area contributed by atoms with Gasteiger partial charge >= 0.3 is 0 Å². The number of rotatable bonds is 4. The molecule has 0 spiro atoms. The van der Waals surface area contributed by atoms with Crippen molar-refractivity contribution in [3.05, 3.63) is 95.2 Å². The molecule has 0 N–H and O–H groups in total. The van der Waals surface area contributed by atoms with Crippen LogP contribution in [0.3, 0.4) is 0 Å². The first-order valence-electron chi connectivity index (χ1n) is 9.66. The van der Waals surface area contributed by atoms with E-state index in [-0.39, 0.29) is 5.56 Å². The van der Waals surface area contributed by atoms with Crippen LogP contribution < -0.4 is 0 Å². The van der Waals surface area contributed by atoms with E-state index in [1.807, 2.05) is 45.2 Å². The molecular weight excluding hydrogens is 396 g/mol. The Bertz CT molecular complexity index is 1320. The minimum atomic E-state index is -0.900. The van der Waals surface area contributed by atoms with E-state index in [2.05, 4.69) is 16.0 Å². The number of benzene rings is 1. The molecule has 4 rings (SSSR count). The van der Waals surface area contributed by atoms with Gasteiger partial charge in [-0.1, -0.05) is 6.07 Å². The highest BCUT2D eigenvalue weighted by molar-refractivity contribution is 5.60. The SMILES string of the molecule is Cc1cc(-c2ccc(F)nc2F)nc(C(C)(C)c2ccn(-c3cccc(C#N)c3)n2)c1. The van der Waals surface area contributed by atoms with E-state index in [4.69, 9.17) is 10.4 Å². The van der Waals surface area contributed by atoms with Crippen molar-refractivity contribution in [3.8, 4) is 23.0 Å². The zero-order chi connectivity index (χ0) is 22.2. The van der Waals surface area contributed by atoms with Crippen LogP contribution in [0.4, 0.5) is 8.78 Å². The maximum atomic E-state index is 14.2. The molecule has 4 aromatic rings. The summed E-state index contributed by atoms with van der Waals surface area (Å²) in [6, 6.07) is 17.3. The minimum Gasteiger partial charge on any atom is -0.252 e. The molecule has 0 aliphatic carbocycles. The Kier molecular flexibility index (Phi) is 5.07. The van der Waals surface area contributed by atoms with Gasteiger partial charge < -0.3 is 0 Å². The summed E-state index contributed by atoms with van der Waals surface area (Å²) >= 11 is 0. The monoisotopic (exact) mass is 415 g/mol. The van der Waals surface area contributed by atoms with Gasteiger partial charge in [-0.15, -0.1) is 0 Å². The molecule has 0 amide bonds. The second-order valence-electron chi connectivity index (χ2n) is 7.82. The van der Waals surface area contributed by atoms with Crippen LogP contribution in [0.1, 0.15) is 36.4 Å². The average Bonchev–Trinajstić information content (AvgIpc) is 3.24. The zero-order valence-electron chi connectivity index (χ0n) is 17.3. The Morgan fingerprint density at radius 2 is 1.77 bits per heavy atom. The predicted octanol–water partition coefficient (Wildman–Crippen LogP) is 5.11. The predicted molar refractivity (Wildman–Crippen MR) is 113 cm³/mol. The van der Waals surface area contributed by atoms with Crippen molar-refractivity contribution in [1.29, 1.82) is 5.26 Å². The summed E-state index contributed by atoms with van der Waals surface area (Å²) in [6.45, 7) is 5.86. The lowest BCUT2D eigenvalue weighted by molar-refractivity contribution is 0.514. The molecule has 0 atom stereocenters. The van der Waals surface area contributed by atoms with Crippen LogP contribution in [-0.4, -0.2) is 19.7 Å². The summed E-state index contributed by atoms with van der Waals surface area (Å²) in [5.41, 5.74) is 3.60. The Morgan fingerprint density at radius 1 is 0.968 bits per heavy atom. The molecule has 0 fully saturated rings. The van der Waals surface area contributed by atoms with Crippen molar-refractivity contribution in [2.24, 2.45) is 0 Å². The number of aromatic nitrogens is 4. The first-order chi connectivity index (χ1) is 14.8. The van der Waals surface area contributed by atoms with E-state index < -0.39 is 17.3 Å². The molecule has 3 aromatic heterocycles. The lowest BCUT2D eigenvalue weighted by Crippen LogP contribution is -2.22. The number of pyridine rings is 2. The highest BCUT2D eigenvalue weighted by Gasteiger charge is 2.29. The molecule has 5 nitrogen and oxygen atoms in total. The molecule has 7 heteroatoms. The standard InChI is InChI=1S/C24H19F2N5/c1-15-11-19(18-7-8-22(25)29-23(18)26)28-21(12-15)24(2,3)20-9-10-31(30-20)17-6-4-5-16(13-17)14-27/h4-13H,1-3H3. The zero-order valence-corrected chi connectivity index (χ0v) is 17.3. The fourth-order valence-corrected chi connectivity index (χ4v) is 3.38.